The normalized spacial score (nSPS) is 14.1. The van der Waals surface area contributed by atoms with E-state index in [0.29, 0.717) is 18.1 Å². The first-order valence-electron chi connectivity index (χ1n) is 8.49. The van der Waals surface area contributed by atoms with Gasteiger partial charge in [0.25, 0.3) is 5.56 Å². The number of rotatable bonds is 3. The molecule has 1 aromatic carbocycles. The smallest absolute Gasteiger partial charge is 0.255 e. The summed E-state index contributed by atoms with van der Waals surface area (Å²) < 4.78 is 1.90. The maximum absolute atomic E-state index is 12.7. The summed E-state index contributed by atoms with van der Waals surface area (Å²) in [5.41, 5.74) is 9.93. The lowest BCUT2D eigenvalue weighted by Crippen LogP contribution is -2.35. The molecule has 1 aliphatic heterocycles. The fourth-order valence-electron chi connectivity index (χ4n) is 3.21. The van der Waals surface area contributed by atoms with Crippen molar-refractivity contribution in [2.45, 2.75) is 19.5 Å². The number of hydrogen-bond donors (Lipinski definition) is 2. The summed E-state index contributed by atoms with van der Waals surface area (Å²) in [4.78, 5) is 26.7. The van der Waals surface area contributed by atoms with Crippen LogP contribution in [0.15, 0.2) is 50.4 Å². The molecular weight excluding hydrogens is 474 g/mol. The van der Waals surface area contributed by atoms with Crippen LogP contribution in [-0.4, -0.2) is 26.4 Å². The summed E-state index contributed by atoms with van der Waals surface area (Å²) in [5, 5.41) is 0. The summed E-state index contributed by atoms with van der Waals surface area (Å²) in [6.45, 7) is 2.13. The topological polar surface area (TPSA) is 87.9 Å². The standard InChI is InChI=1S/C19H17Br2N5O/c20-15-7-23-8-16(21)13(15)9-26-6-5-17-14(10-26)19(27)25-18(24-17)11-1-3-12(22)4-2-11/h1-4,7-8H,5-6,9-10,22H2,(H,24,25,27). The summed E-state index contributed by atoms with van der Waals surface area (Å²) in [6.07, 6.45) is 4.30. The summed E-state index contributed by atoms with van der Waals surface area (Å²) in [7, 11) is 0. The summed E-state index contributed by atoms with van der Waals surface area (Å²) >= 11 is 7.10. The van der Waals surface area contributed by atoms with E-state index in [4.69, 9.17) is 10.7 Å². The fourth-order valence-corrected chi connectivity index (χ4v) is 4.39. The zero-order valence-corrected chi connectivity index (χ0v) is 17.5. The van der Waals surface area contributed by atoms with Crippen molar-refractivity contribution in [3.05, 3.63) is 72.8 Å². The highest BCUT2D eigenvalue weighted by Crippen LogP contribution is 2.27. The van der Waals surface area contributed by atoms with Crippen molar-refractivity contribution < 1.29 is 0 Å². The van der Waals surface area contributed by atoms with Crippen LogP contribution in [0.4, 0.5) is 5.69 Å². The Kier molecular flexibility index (Phi) is 5.12. The molecule has 2 aromatic heterocycles. The van der Waals surface area contributed by atoms with Gasteiger partial charge >= 0.3 is 0 Å². The first-order valence-corrected chi connectivity index (χ1v) is 10.1. The van der Waals surface area contributed by atoms with E-state index in [2.05, 4.69) is 46.7 Å². The average Bonchev–Trinajstić information content (AvgIpc) is 2.66. The maximum Gasteiger partial charge on any atom is 0.255 e. The van der Waals surface area contributed by atoms with Gasteiger partial charge in [0.15, 0.2) is 0 Å². The van der Waals surface area contributed by atoms with Crippen LogP contribution >= 0.6 is 31.9 Å². The molecule has 4 rings (SSSR count). The van der Waals surface area contributed by atoms with E-state index < -0.39 is 0 Å². The van der Waals surface area contributed by atoms with Crippen molar-refractivity contribution in [2.24, 2.45) is 0 Å². The molecule has 1 aliphatic rings. The minimum Gasteiger partial charge on any atom is -0.399 e. The molecule has 0 aliphatic carbocycles. The second-order valence-corrected chi connectivity index (χ2v) is 8.21. The molecule has 0 fully saturated rings. The van der Waals surface area contributed by atoms with Crippen LogP contribution in [0.3, 0.4) is 0 Å². The molecule has 3 heterocycles. The van der Waals surface area contributed by atoms with Crippen molar-refractivity contribution in [2.75, 3.05) is 12.3 Å². The molecule has 3 aromatic rings. The molecule has 0 bridgehead atoms. The number of fused-ring (bicyclic) bond motifs is 1. The first kappa shape index (κ1) is 18.3. The number of nitrogens with zero attached hydrogens (tertiary/aromatic N) is 3. The van der Waals surface area contributed by atoms with Crippen molar-refractivity contribution in [1.29, 1.82) is 0 Å². The molecule has 0 radical (unpaired) electrons. The number of nitrogen functional groups attached to an aromatic ring is 1. The Labute approximate surface area is 173 Å². The zero-order valence-electron chi connectivity index (χ0n) is 14.4. The largest absolute Gasteiger partial charge is 0.399 e. The molecule has 138 valence electrons. The average molecular weight is 491 g/mol. The van der Waals surface area contributed by atoms with Gasteiger partial charge in [-0.15, -0.1) is 0 Å². The van der Waals surface area contributed by atoms with E-state index in [1.165, 1.54) is 0 Å². The number of halogens is 2. The Bertz CT molecular complexity index is 1030. The summed E-state index contributed by atoms with van der Waals surface area (Å²) in [5.74, 6) is 0.590. The van der Waals surface area contributed by atoms with Crippen LogP contribution in [0.25, 0.3) is 11.4 Å². The third-order valence-corrected chi connectivity index (χ3v) is 6.03. The van der Waals surface area contributed by atoms with Gasteiger partial charge in [-0.3, -0.25) is 14.7 Å². The van der Waals surface area contributed by atoms with E-state index >= 15 is 0 Å². The van der Waals surface area contributed by atoms with Gasteiger partial charge in [0, 0.05) is 58.6 Å². The molecule has 3 N–H and O–H groups in total. The zero-order chi connectivity index (χ0) is 19.0. The van der Waals surface area contributed by atoms with Crippen LogP contribution in [0, 0.1) is 0 Å². The van der Waals surface area contributed by atoms with Crippen LogP contribution < -0.4 is 11.3 Å². The Balaban J connectivity index is 1.60. The monoisotopic (exact) mass is 489 g/mol. The van der Waals surface area contributed by atoms with Gasteiger partial charge in [0.1, 0.15) is 5.82 Å². The fraction of sp³-hybridized carbons (Fsp3) is 0.211. The highest BCUT2D eigenvalue weighted by Gasteiger charge is 2.22. The van der Waals surface area contributed by atoms with Gasteiger partial charge in [0.2, 0.25) is 0 Å². The molecule has 0 saturated carbocycles. The highest BCUT2D eigenvalue weighted by atomic mass is 79.9. The van der Waals surface area contributed by atoms with Gasteiger partial charge < -0.3 is 10.7 Å². The third kappa shape index (κ3) is 3.83. The van der Waals surface area contributed by atoms with Gasteiger partial charge in [-0.25, -0.2) is 4.98 Å². The third-order valence-electron chi connectivity index (χ3n) is 4.67. The molecule has 6 nitrogen and oxygen atoms in total. The minimum absolute atomic E-state index is 0.0793. The molecule has 27 heavy (non-hydrogen) atoms. The molecule has 0 saturated heterocycles. The quantitative estimate of drug-likeness (QED) is 0.548. The summed E-state index contributed by atoms with van der Waals surface area (Å²) in [6, 6.07) is 7.35. The number of nitrogens with two attached hydrogens (primary N) is 1. The SMILES string of the molecule is Nc1ccc(-c2nc3c(c(=O)[nH]2)CN(Cc2c(Br)cncc2Br)CC3)cc1. The van der Waals surface area contributed by atoms with Gasteiger partial charge in [0.05, 0.1) is 11.3 Å². The van der Waals surface area contributed by atoms with E-state index in [0.717, 1.165) is 50.8 Å². The highest BCUT2D eigenvalue weighted by molar-refractivity contribution is 9.11. The number of pyridine rings is 1. The second kappa shape index (κ2) is 7.53. The number of nitrogens with one attached hydrogen (secondary N) is 1. The van der Waals surface area contributed by atoms with E-state index in [1.54, 1.807) is 24.5 Å². The van der Waals surface area contributed by atoms with Crippen molar-refractivity contribution in [3.8, 4) is 11.4 Å². The Hall–Kier alpha value is -2.03. The number of hydrogen-bond acceptors (Lipinski definition) is 5. The second-order valence-electron chi connectivity index (χ2n) is 6.50. The molecule has 0 unspecified atom stereocenters. The lowest BCUT2D eigenvalue weighted by molar-refractivity contribution is 0.241. The van der Waals surface area contributed by atoms with Crippen LogP contribution in [0.5, 0.6) is 0 Å². The van der Waals surface area contributed by atoms with E-state index in [1.807, 2.05) is 12.1 Å². The Morgan fingerprint density at radius 2 is 1.85 bits per heavy atom. The molecule has 0 atom stereocenters. The number of benzene rings is 1. The molecule has 0 spiro atoms. The predicted octanol–water partition coefficient (Wildman–Crippen LogP) is 3.50. The number of anilines is 1. The van der Waals surface area contributed by atoms with Crippen LogP contribution in [-0.2, 0) is 19.5 Å². The maximum atomic E-state index is 12.7. The lowest BCUT2D eigenvalue weighted by Gasteiger charge is -2.28. The minimum atomic E-state index is -0.0793. The van der Waals surface area contributed by atoms with Crippen molar-refractivity contribution in [1.82, 2.24) is 19.9 Å². The van der Waals surface area contributed by atoms with Gasteiger partial charge in [-0.1, -0.05) is 0 Å². The predicted molar refractivity (Wildman–Crippen MR) is 112 cm³/mol. The Morgan fingerprint density at radius 3 is 2.56 bits per heavy atom. The number of aromatic amines is 1. The van der Waals surface area contributed by atoms with Crippen LogP contribution in [0.2, 0.25) is 0 Å². The molecule has 0 amide bonds. The van der Waals surface area contributed by atoms with E-state index in [-0.39, 0.29) is 5.56 Å². The number of H-pyrrole nitrogens is 1. The Morgan fingerprint density at radius 1 is 1.15 bits per heavy atom. The molecule has 8 heteroatoms. The van der Waals surface area contributed by atoms with Crippen molar-refractivity contribution in [3.63, 3.8) is 0 Å². The van der Waals surface area contributed by atoms with E-state index in [9.17, 15) is 4.79 Å². The number of aromatic nitrogens is 3. The first-order chi connectivity index (χ1) is 13.0. The van der Waals surface area contributed by atoms with Crippen LogP contribution in [0.1, 0.15) is 16.8 Å². The van der Waals surface area contributed by atoms with Gasteiger partial charge in [-0.2, -0.15) is 0 Å². The van der Waals surface area contributed by atoms with Gasteiger partial charge in [-0.05, 0) is 61.7 Å². The lowest BCUT2D eigenvalue weighted by atomic mass is 10.1. The van der Waals surface area contributed by atoms with Crippen molar-refractivity contribution >= 4 is 37.5 Å². The molecular formula is C19H17Br2N5O.